The summed E-state index contributed by atoms with van der Waals surface area (Å²) in [6.45, 7) is 1.84. The van der Waals surface area contributed by atoms with Gasteiger partial charge in [-0.3, -0.25) is 0 Å². The van der Waals surface area contributed by atoms with Crippen LogP contribution in [0.3, 0.4) is 0 Å². The summed E-state index contributed by atoms with van der Waals surface area (Å²) in [5, 5.41) is 5.65. The van der Waals surface area contributed by atoms with Gasteiger partial charge in [0, 0.05) is 10.9 Å². The van der Waals surface area contributed by atoms with Crippen LogP contribution in [-0.2, 0) is 0 Å². The lowest BCUT2D eigenvalue weighted by Gasteiger charge is -2.03. The second-order valence-electron chi connectivity index (χ2n) is 4.51. The molecule has 0 amide bonds. The summed E-state index contributed by atoms with van der Waals surface area (Å²) in [5.74, 6) is 0.0842. The minimum atomic E-state index is -0.240. The number of hydrogen-bond donors (Lipinski definition) is 1. The normalized spacial score (nSPS) is 11.5. The topological polar surface area (TPSA) is 56.2 Å². The van der Waals surface area contributed by atoms with E-state index in [1.807, 2.05) is 19.1 Å². The zero-order valence-corrected chi connectivity index (χ0v) is 10.9. The number of imidazole rings is 1. The number of hydrogen-bond acceptors (Lipinski definition) is 3. The van der Waals surface area contributed by atoms with Crippen molar-refractivity contribution in [3.8, 4) is 0 Å². The van der Waals surface area contributed by atoms with E-state index in [1.165, 1.54) is 10.7 Å². The molecule has 100 valence electrons. The van der Waals surface area contributed by atoms with Crippen molar-refractivity contribution in [3.63, 3.8) is 0 Å². The molecule has 2 N–H and O–H groups in total. The molecule has 2 aromatic carbocycles. The van der Waals surface area contributed by atoms with Crippen LogP contribution in [0.15, 0.2) is 47.7 Å². The predicted molar refractivity (Wildman–Crippen MR) is 78.3 cm³/mol. The fourth-order valence-electron chi connectivity index (χ4n) is 2.13. The molecule has 0 fully saturated rings. The molecular weight excluding hydrogens is 255 g/mol. The molecule has 3 aromatic rings. The molecule has 0 saturated carbocycles. The van der Waals surface area contributed by atoms with Crippen molar-refractivity contribution in [1.82, 2.24) is 9.66 Å². The summed E-state index contributed by atoms with van der Waals surface area (Å²) in [6, 6.07) is 10.4. The van der Waals surface area contributed by atoms with Gasteiger partial charge in [-0.25, -0.2) is 14.1 Å². The maximum Gasteiger partial charge on any atom is 0.221 e. The first kappa shape index (κ1) is 12.3. The monoisotopic (exact) mass is 268 g/mol. The van der Waals surface area contributed by atoms with Crippen LogP contribution in [0.5, 0.6) is 0 Å². The van der Waals surface area contributed by atoms with Crippen molar-refractivity contribution in [2.75, 3.05) is 5.73 Å². The molecule has 1 aromatic heterocycles. The van der Waals surface area contributed by atoms with Crippen LogP contribution in [-0.4, -0.2) is 15.9 Å². The van der Waals surface area contributed by atoms with Crippen LogP contribution in [0.2, 0.25) is 0 Å². The Morgan fingerprint density at radius 3 is 2.70 bits per heavy atom. The molecule has 0 atom stereocenters. The molecule has 4 nitrogen and oxygen atoms in total. The molecule has 20 heavy (non-hydrogen) atoms. The van der Waals surface area contributed by atoms with E-state index in [4.69, 9.17) is 5.73 Å². The van der Waals surface area contributed by atoms with Gasteiger partial charge in [-0.15, -0.1) is 0 Å². The Balaban J connectivity index is 2.07. The molecule has 0 aliphatic rings. The van der Waals surface area contributed by atoms with E-state index in [0.717, 1.165) is 16.6 Å². The minimum absolute atomic E-state index is 0.240. The van der Waals surface area contributed by atoms with Gasteiger partial charge in [0.2, 0.25) is 5.95 Å². The van der Waals surface area contributed by atoms with E-state index < -0.39 is 0 Å². The number of aromatic nitrogens is 2. The molecule has 1 heterocycles. The molecule has 0 aliphatic carbocycles. The number of anilines is 1. The van der Waals surface area contributed by atoms with Crippen LogP contribution < -0.4 is 5.73 Å². The van der Waals surface area contributed by atoms with Gasteiger partial charge in [0.1, 0.15) is 5.82 Å². The lowest BCUT2D eigenvalue weighted by molar-refractivity contribution is 0.640. The average Bonchev–Trinajstić information content (AvgIpc) is 2.75. The maximum absolute atomic E-state index is 13.7. The van der Waals surface area contributed by atoms with Crippen LogP contribution in [0, 0.1) is 12.7 Å². The third kappa shape index (κ3) is 2.14. The van der Waals surface area contributed by atoms with E-state index in [2.05, 4.69) is 10.1 Å². The number of nitrogens with two attached hydrogens (primary N) is 1. The van der Waals surface area contributed by atoms with Crippen molar-refractivity contribution in [3.05, 3.63) is 59.7 Å². The number of halogens is 1. The fourth-order valence-corrected chi connectivity index (χ4v) is 2.13. The van der Waals surface area contributed by atoms with E-state index in [0.29, 0.717) is 11.3 Å². The van der Waals surface area contributed by atoms with E-state index in [9.17, 15) is 4.39 Å². The highest BCUT2D eigenvalue weighted by atomic mass is 19.1. The zero-order chi connectivity index (χ0) is 14.1. The van der Waals surface area contributed by atoms with Gasteiger partial charge in [0.15, 0.2) is 0 Å². The van der Waals surface area contributed by atoms with Crippen LogP contribution >= 0.6 is 0 Å². The molecular formula is C15H13FN4. The average molecular weight is 268 g/mol. The largest absolute Gasteiger partial charge is 0.368 e. The summed E-state index contributed by atoms with van der Waals surface area (Å²) in [7, 11) is 0. The smallest absolute Gasteiger partial charge is 0.221 e. The highest BCUT2D eigenvalue weighted by Gasteiger charge is 2.03. The zero-order valence-electron chi connectivity index (χ0n) is 10.9. The Morgan fingerprint density at radius 1 is 1.20 bits per heavy atom. The van der Waals surface area contributed by atoms with E-state index in [1.54, 1.807) is 30.6 Å². The Hall–Kier alpha value is -2.69. The Kier molecular flexibility index (Phi) is 2.95. The minimum Gasteiger partial charge on any atom is -0.368 e. The second kappa shape index (κ2) is 4.77. The molecule has 0 aliphatic heterocycles. The summed E-state index contributed by atoms with van der Waals surface area (Å²) >= 11 is 0. The first-order valence-corrected chi connectivity index (χ1v) is 6.18. The third-order valence-corrected chi connectivity index (χ3v) is 3.06. The molecule has 3 rings (SSSR count). The van der Waals surface area contributed by atoms with E-state index in [-0.39, 0.29) is 5.82 Å². The van der Waals surface area contributed by atoms with Crippen molar-refractivity contribution in [2.45, 2.75) is 6.92 Å². The Morgan fingerprint density at radius 2 is 1.95 bits per heavy atom. The summed E-state index contributed by atoms with van der Waals surface area (Å²) in [4.78, 5) is 4.07. The van der Waals surface area contributed by atoms with Crippen molar-refractivity contribution in [2.24, 2.45) is 5.10 Å². The molecule has 0 spiro atoms. The van der Waals surface area contributed by atoms with Gasteiger partial charge in [-0.2, -0.15) is 5.10 Å². The van der Waals surface area contributed by atoms with Crippen LogP contribution in [0.25, 0.3) is 10.8 Å². The number of fused-ring (bicyclic) bond motifs is 1. The number of aryl methyl sites for hydroxylation is 1. The Labute approximate surface area is 115 Å². The molecule has 0 radical (unpaired) electrons. The Bertz CT molecular complexity index is 805. The summed E-state index contributed by atoms with van der Waals surface area (Å²) in [6.07, 6.45) is 3.39. The van der Waals surface area contributed by atoms with Crippen LogP contribution in [0.1, 0.15) is 11.3 Å². The van der Waals surface area contributed by atoms with Gasteiger partial charge in [0.25, 0.3) is 0 Å². The molecule has 0 unspecified atom stereocenters. The van der Waals surface area contributed by atoms with E-state index >= 15 is 0 Å². The molecule has 0 saturated heterocycles. The fraction of sp³-hybridized carbons (Fsp3) is 0.0667. The number of nitrogens with zero attached hydrogens (tertiary/aromatic N) is 3. The lowest BCUT2D eigenvalue weighted by atomic mass is 10.1. The standard InChI is InChI=1S/C15H13FN4/c1-10-9-20(15(17)19-10)18-8-11-4-2-6-13-12(11)5-3-7-14(13)16/h2-9H,1H3,(H2,17,19). The quantitative estimate of drug-likeness (QED) is 0.726. The number of rotatable bonds is 2. The SMILES string of the molecule is Cc1cn(N=Cc2cccc3c(F)cccc23)c(N)n1. The third-order valence-electron chi connectivity index (χ3n) is 3.06. The highest BCUT2D eigenvalue weighted by Crippen LogP contribution is 2.20. The van der Waals surface area contributed by atoms with Crippen molar-refractivity contribution >= 4 is 22.9 Å². The number of benzene rings is 2. The van der Waals surface area contributed by atoms with Crippen LogP contribution in [0.4, 0.5) is 10.3 Å². The van der Waals surface area contributed by atoms with Gasteiger partial charge in [-0.05, 0) is 18.4 Å². The highest BCUT2D eigenvalue weighted by molar-refractivity contribution is 5.99. The van der Waals surface area contributed by atoms with Gasteiger partial charge in [-0.1, -0.05) is 30.3 Å². The predicted octanol–water partition coefficient (Wildman–Crippen LogP) is 2.95. The lowest BCUT2D eigenvalue weighted by Crippen LogP contribution is -1.97. The first-order chi connectivity index (χ1) is 9.65. The molecule has 0 bridgehead atoms. The van der Waals surface area contributed by atoms with Crippen molar-refractivity contribution < 1.29 is 4.39 Å². The number of nitrogen functional groups attached to an aromatic ring is 1. The molecule has 5 heteroatoms. The van der Waals surface area contributed by atoms with Gasteiger partial charge >= 0.3 is 0 Å². The first-order valence-electron chi connectivity index (χ1n) is 6.18. The van der Waals surface area contributed by atoms with Crippen molar-refractivity contribution in [1.29, 1.82) is 0 Å². The second-order valence-corrected chi connectivity index (χ2v) is 4.51. The maximum atomic E-state index is 13.7. The van der Waals surface area contributed by atoms with Gasteiger partial charge < -0.3 is 5.73 Å². The summed E-state index contributed by atoms with van der Waals surface area (Å²) < 4.78 is 15.2. The van der Waals surface area contributed by atoms with Gasteiger partial charge in [0.05, 0.1) is 18.1 Å². The summed E-state index contributed by atoms with van der Waals surface area (Å²) in [5.41, 5.74) is 7.34.